The zero-order valence-electron chi connectivity index (χ0n) is 11.0. The van der Waals surface area contributed by atoms with Crippen LogP contribution >= 0.6 is 0 Å². The lowest BCUT2D eigenvalue weighted by Crippen LogP contribution is -2.58. The Bertz CT molecular complexity index is 244. The normalized spacial score (nSPS) is 37.9. The second-order valence-electron chi connectivity index (χ2n) is 6.68. The molecule has 2 aliphatic heterocycles. The number of nitrogens with one attached hydrogen (secondary N) is 1. The summed E-state index contributed by atoms with van der Waals surface area (Å²) in [7, 11) is 0. The van der Waals surface area contributed by atoms with E-state index in [1.54, 1.807) is 0 Å². The fourth-order valence-electron chi connectivity index (χ4n) is 3.78. The molecule has 0 aromatic carbocycles. The van der Waals surface area contributed by atoms with Gasteiger partial charge < -0.3 is 16.0 Å². The minimum atomic E-state index is 0.497. The van der Waals surface area contributed by atoms with Crippen LogP contribution in [0.5, 0.6) is 0 Å². The van der Waals surface area contributed by atoms with Crippen molar-refractivity contribution in [2.24, 2.45) is 17.1 Å². The van der Waals surface area contributed by atoms with Gasteiger partial charge in [0.15, 0.2) is 0 Å². The highest BCUT2D eigenvalue weighted by Crippen LogP contribution is 2.35. The fraction of sp³-hybridized carbons (Fsp3) is 1.00. The lowest BCUT2D eigenvalue weighted by atomic mass is 9.73. The maximum absolute atomic E-state index is 5.97. The standard InChI is InChI=1S/C14H27N3/c15-13-3-1-12(2-4-13)9-17-7-5-14(6-8-17)10-16-11-14/h12-13,16H,1-11,15H2. The Hall–Kier alpha value is -0.120. The van der Waals surface area contributed by atoms with Crippen LogP contribution in [0.1, 0.15) is 38.5 Å². The van der Waals surface area contributed by atoms with Gasteiger partial charge >= 0.3 is 0 Å². The summed E-state index contributed by atoms with van der Waals surface area (Å²) in [6.45, 7) is 6.57. The van der Waals surface area contributed by atoms with Crippen molar-refractivity contribution in [2.75, 3.05) is 32.7 Å². The van der Waals surface area contributed by atoms with E-state index >= 15 is 0 Å². The molecule has 3 nitrogen and oxygen atoms in total. The zero-order valence-corrected chi connectivity index (χ0v) is 11.0. The molecule has 0 aromatic rings. The molecule has 0 amide bonds. The molecule has 3 heteroatoms. The molecule has 0 unspecified atom stereocenters. The predicted octanol–water partition coefficient (Wildman–Crippen LogP) is 1.19. The predicted molar refractivity (Wildman–Crippen MR) is 70.9 cm³/mol. The van der Waals surface area contributed by atoms with E-state index in [0.717, 1.165) is 5.92 Å². The Morgan fingerprint density at radius 1 is 1.06 bits per heavy atom. The minimum absolute atomic E-state index is 0.497. The van der Waals surface area contributed by atoms with Crippen LogP contribution in [0.2, 0.25) is 0 Å². The Morgan fingerprint density at radius 2 is 1.71 bits per heavy atom. The van der Waals surface area contributed by atoms with Gasteiger partial charge in [-0.2, -0.15) is 0 Å². The van der Waals surface area contributed by atoms with Gasteiger partial charge in [0, 0.05) is 25.7 Å². The van der Waals surface area contributed by atoms with Crippen molar-refractivity contribution in [1.29, 1.82) is 0 Å². The molecule has 1 spiro atoms. The molecule has 98 valence electrons. The van der Waals surface area contributed by atoms with Gasteiger partial charge in [0.2, 0.25) is 0 Å². The third kappa shape index (κ3) is 2.67. The first-order chi connectivity index (χ1) is 8.26. The Labute approximate surface area is 105 Å². The van der Waals surface area contributed by atoms with Crippen LogP contribution in [0.3, 0.4) is 0 Å². The smallest absolute Gasteiger partial charge is 0.00390 e. The maximum Gasteiger partial charge on any atom is 0.00390 e. The Kier molecular flexibility index (Phi) is 3.42. The van der Waals surface area contributed by atoms with Crippen molar-refractivity contribution in [3.05, 3.63) is 0 Å². The highest BCUT2D eigenvalue weighted by atomic mass is 15.1. The lowest BCUT2D eigenvalue weighted by molar-refractivity contribution is 0.0447. The van der Waals surface area contributed by atoms with Gasteiger partial charge in [-0.05, 0) is 62.9 Å². The van der Waals surface area contributed by atoms with Crippen molar-refractivity contribution in [2.45, 2.75) is 44.6 Å². The first kappa shape index (κ1) is 11.9. The first-order valence-electron chi connectivity index (χ1n) is 7.44. The second-order valence-corrected chi connectivity index (χ2v) is 6.68. The molecule has 3 N–H and O–H groups in total. The zero-order chi connectivity index (χ0) is 11.7. The van der Waals surface area contributed by atoms with E-state index in [1.807, 2.05) is 0 Å². The topological polar surface area (TPSA) is 41.3 Å². The average Bonchev–Trinajstić information content (AvgIpc) is 2.31. The number of nitrogens with zero attached hydrogens (tertiary/aromatic N) is 1. The highest BCUT2D eigenvalue weighted by molar-refractivity contribution is 4.96. The number of likely N-dealkylation sites (tertiary alicyclic amines) is 1. The van der Waals surface area contributed by atoms with E-state index in [0.29, 0.717) is 11.5 Å². The van der Waals surface area contributed by atoms with Crippen LogP contribution in [0.4, 0.5) is 0 Å². The molecule has 2 saturated heterocycles. The molecule has 3 rings (SSSR count). The van der Waals surface area contributed by atoms with Crippen LogP contribution < -0.4 is 11.1 Å². The van der Waals surface area contributed by atoms with E-state index in [1.165, 1.54) is 71.2 Å². The van der Waals surface area contributed by atoms with Crippen LogP contribution in [0.15, 0.2) is 0 Å². The number of rotatable bonds is 2. The molecule has 0 radical (unpaired) electrons. The molecule has 0 bridgehead atoms. The van der Waals surface area contributed by atoms with Crippen molar-refractivity contribution in [3.8, 4) is 0 Å². The van der Waals surface area contributed by atoms with Gasteiger partial charge in [0.25, 0.3) is 0 Å². The Morgan fingerprint density at radius 3 is 2.24 bits per heavy atom. The van der Waals surface area contributed by atoms with Crippen molar-refractivity contribution >= 4 is 0 Å². The van der Waals surface area contributed by atoms with E-state index in [2.05, 4.69) is 10.2 Å². The van der Waals surface area contributed by atoms with Gasteiger partial charge in [-0.25, -0.2) is 0 Å². The number of piperidine rings is 1. The summed E-state index contributed by atoms with van der Waals surface area (Å²) in [4.78, 5) is 2.71. The minimum Gasteiger partial charge on any atom is -0.328 e. The van der Waals surface area contributed by atoms with E-state index in [9.17, 15) is 0 Å². The molecule has 1 saturated carbocycles. The van der Waals surface area contributed by atoms with E-state index in [4.69, 9.17) is 5.73 Å². The van der Waals surface area contributed by atoms with E-state index < -0.39 is 0 Å². The first-order valence-corrected chi connectivity index (χ1v) is 7.44. The molecule has 0 aromatic heterocycles. The molecule has 3 aliphatic rings. The third-order valence-corrected chi connectivity index (χ3v) is 5.32. The van der Waals surface area contributed by atoms with Gasteiger partial charge in [-0.15, -0.1) is 0 Å². The largest absolute Gasteiger partial charge is 0.328 e. The van der Waals surface area contributed by atoms with Crippen LogP contribution in [0.25, 0.3) is 0 Å². The summed E-state index contributed by atoms with van der Waals surface area (Å²) >= 11 is 0. The molecular formula is C14H27N3. The molecule has 1 aliphatic carbocycles. The summed E-state index contributed by atoms with van der Waals surface area (Å²) in [6.07, 6.45) is 8.09. The lowest BCUT2D eigenvalue weighted by Gasteiger charge is -2.49. The monoisotopic (exact) mass is 237 g/mol. The quantitative estimate of drug-likeness (QED) is 0.758. The SMILES string of the molecule is NC1CCC(CN2CCC3(CC2)CNC3)CC1. The maximum atomic E-state index is 5.97. The fourth-order valence-corrected chi connectivity index (χ4v) is 3.78. The highest BCUT2D eigenvalue weighted by Gasteiger charge is 2.39. The second kappa shape index (κ2) is 4.87. The molecule has 3 fully saturated rings. The number of hydrogen-bond acceptors (Lipinski definition) is 3. The van der Waals surface area contributed by atoms with Crippen molar-refractivity contribution in [1.82, 2.24) is 10.2 Å². The van der Waals surface area contributed by atoms with Crippen LogP contribution in [-0.2, 0) is 0 Å². The average molecular weight is 237 g/mol. The Balaban J connectivity index is 1.41. The summed E-state index contributed by atoms with van der Waals surface area (Å²) in [5, 5.41) is 3.44. The van der Waals surface area contributed by atoms with Gasteiger partial charge in [-0.3, -0.25) is 0 Å². The van der Waals surface area contributed by atoms with E-state index in [-0.39, 0.29) is 0 Å². The number of hydrogen-bond donors (Lipinski definition) is 2. The van der Waals surface area contributed by atoms with Gasteiger partial charge in [-0.1, -0.05) is 0 Å². The van der Waals surface area contributed by atoms with Gasteiger partial charge in [0.05, 0.1) is 0 Å². The van der Waals surface area contributed by atoms with Crippen molar-refractivity contribution < 1.29 is 0 Å². The summed E-state index contributed by atoms with van der Waals surface area (Å²) in [5.74, 6) is 0.934. The molecule has 2 heterocycles. The third-order valence-electron chi connectivity index (χ3n) is 5.32. The summed E-state index contributed by atoms with van der Waals surface area (Å²) < 4.78 is 0. The summed E-state index contributed by atoms with van der Waals surface area (Å²) in [5.41, 5.74) is 6.67. The van der Waals surface area contributed by atoms with Crippen LogP contribution in [0, 0.1) is 11.3 Å². The van der Waals surface area contributed by atoms with Crippen molar-refractivity contribution in [3.63, 3.8) is 0 Å². The number of nitrogens with two attached hydrogens (primary N) is 1. The van der Waals surface area contributed by atoms with Gasteiger partial charge in [0.1, 0.15) is 0 Å². The molecule has 0 atom stereocenters. The summed E-state index contributed by atoms with van der Waals surface area (Å²) in [6, 6.07) is 0.497. The molecular weight excluding hydrogens is 210 g/mol. The molecule has 17 heavy (non-hydrogen) atoms. The van der Waals surface area contributed by atoms with Crippen LogP contribution in [-0.4, -0.2) is 43.7 Å².